The SMILES string of the molecule is COCCOCC(=O)N1CCC[C@H]1c1nc(-c2ccncc2)no1. The second-order valence-electron chi connectivity index (χ2n) is 5.48. The van der Waals surface area contributed by atoms with Gasteiger partial charge in [-0.15, -0.1) is 0 Å². The monoisotopic (exact) mass is 332 g/mol. The molecule has 1 aliphatic rings. The van der Waals surface area contributed by atoms with Gasteiger partial charge in [0.25, 0.3) is 0 Å². The van der Waals surface area contributed by atoms with Crippen molar-refractivity contribution in [3.8, 4) is 11.4 Å². The second kappa shape index (κ2) is 7.98. The first-order valence-electron chi connectivity index (χ1n) is 7.89. The van der Waals surface area contributed by atoms with Crippen LogP contribution in [0.5, 0.6) is 0 Å². The highest BCUT2D eigenvalue weighted by atomic mass is 16.5. The van der Waals surface area contributed by atoms with Crippen LogP contribution in [-0.2, 0) is 14.3 Å². The van der Waals surface area contributed by atoms with E-state index in [-0.39, 0.29) is 18.6 Å². The summed E-state index contributed by atoms with van der Waals surface area (Å²) in [4.78, 5) is 22.5. The molecule has 128 valence electrons. The molecule has 2 aromatic rings. The summed E-state index contributed by atoms with van der Waals surface area (Å²) in [5.74, 6) is 0.893. The van der Waals surface area contributed by atoms with E-state index in [1.54, 1.807) is 24.4 Å². The molecule has 3 rings (SSSR count). The van der Waals surface area contributed by atoms with Crippen molar-refractivity contribution < 1.29 is 18.8 Å². The van der Waals surface area contributed by atoms with Gasteiger partial charge >= 0.3 is 0 Å². The number of rotatable bonds is 7. The number of aromatic nitrogens is 3. The van der Waals surface area contributed by atoms with Crippen molar-refractivity contribution >= 4 is 5.91 Å². The highest BCUT2D eigenvalue weighted by Gasteiger charge is 2.34. The lowest BCUT2D eigenvalue weighted by atomic mass is 10.2. The molecular weight excluding hydrogens is 312 g/mol. The van der Waals surface area contributed by atoms with Crippen LogP contribution in [0.25, 0.3) is 11.4 Å². The summed E-state index contributed by atoms with van der Waals surface area (Å²) in [6, 6.07) is 3.44. The molecule has 0 aromatic carbocycles. The van der Waals surface area contributed by atoms with Crippen LogP contribution in [0, 0.1) is 0 Å². The summed E-state index contributed by atoms with van der Waals surface area (Å²) >= 11 is 0. The molecular formula is C16H20N4O4. The Hall–Kier alpha value is -2.32. The molecule has 1 amide bonds. The van der Waals surface area contributed by atoms with Crippen LogP contribution in [0.4, 0.5) is 0 Å². The molecule has 1 fully saturated rings. The van der Waals surface area contributed by atoms with Gasteiger partial charge in [0.05, 0.1) is 13.2 Å². The summed E-state index contributed by atoms with van der Waals surface area (Å²) in [5, 5.41) is 4.01. The van der Waals surface area contributed by atoms with Crippen LogP contribution in [0.3, 0.4) is 0 Å². The lowest BCUT2D eigenvalue weighted by Gasteiger charge is -2.21. The van der Waals surface area contributed by atoms with E-state index in [9.17, 15) is 4.79 Å². The zero-order chi connectivity index (χ0) is 16.8. The van der Waals surface area contributed by atoms with Crippen LogP contribution >= 0.6 is 0 Å². The number of hydrogen-bond donors (Lipinski definition) is 0. The molecule has 8 heteroatoms. The molecule has 24 heavy (non-hydrogen) atoms. The third kappa shape index (κ3) is 3.77. The number of likely N-dealkylation sites (tertiary alicyclic amines) is 1. The van der Waals surface area contributed by atoms with Gasteiger partial charge in [-0.25, -0.2) is 0 Å². The van der Waals surface area contributed by atoms with E-state index in [0.29, 0.717) is 31.5 Å². The maximum absolute atomic E-state index is 12.3. The molecule has 0 saturated carbocycles. The quantitative estimate of drug-likeness (QED) is 0.709. The number of nitrogens with zero attached hydrogens (tertiary/aromatic N) is 4. The van der Waals surface area contributed by atoms with E-state index in [0.717, 1.165) is 18.4 Å². The van der Waals surface area contributed by atoms with Crippen molar-refractivity contribution in [2.45, 2.75) is 18.9 Å². The Morgan fingerprint density at radius 1 is 1.38 bits per heavy atom. The number of methoxy groups -OCH3 is 1. The summed E-state index contributed by atoms with van der Waals surface area (Å²) in [6.07, 6.45) is 5.06. The van der Waals surface area contributed by atoms with Gasteiger partial charge in [-0.1, -0.05) is 5.16 Å². The van der Waals surface area contributed by atoms with Crippen molar-refractivity contribution in [2.75, 3.05) is 33.5 Å². The van der Waals surface area contributed by atoms with Gasteiger partial charge in [-0.05, 0) is 25.0 Å². The zero-order valence-electron chi connectivity index (χ0n) is 13.6. The van der Waals surface area contributed by atoms with Gasteiger partial charge in [0.1, 0.15) is 12.6 Å². The summed E-state index contributed by atoms with van der Waals surface area (Å²) in [5.41, 5.74) is 0.832. The lowest BCUT2D eigenvalue weighted by Crippen LogP contribution is -2.34. The fourth-order valence-corrected chi connectivity index (χ4v) is 2.70. The van der Waals surface area contributed by atoms with Gasteiger partial charge in [0.15, 0.2) is 0 Å². The van der Waals surface area contributed by atoms with Gasteiger partial charge in [0, 0.05) is 31.6 Å². The molecule has 8 nitrogen and oxygen atoms in total. The van der Waals surface area contributed by atoms with Crippen molar-refractivity contribution in [3.05, 3.63) is 30.4 Å². The zero-order valence-corrected chi connectivity index (χ0v) is 13.6. The van der Waals surface area contributed by atoms with Crippen LogP contribution in [0.1, 0.15) is 24.8 Å². The molecule has 1 saturated heterocycles. The van der Waals surface area contributed by atoms with E-state index < -0.39 is 0 Å². The number of amides is 1. The minimum Gasteiger partial charge on any atom is -0.382 e. The molecule has 0 unspecified atom stereocenters. The van der Waals surface area contributed by atoms with Gasteiger partial charge in [-0.2, -0.15) is 4.98 Å². The van der Waals surface area contributed by atoms with Crippen molar-refractivity contribution in [2.24, 2.45) is 0 Å². The maximum atomic E-state index is 12.3. The Morgan fingerprint density at radius 2 is 2.21 bits per heavy atom. The number of ether oxygens (including phenoxy) is 2. The molecule has 2 aromatic heterocycles. The Balaban J connectivity index is 1.65. The smallest absolute Gasteiger partial charge is 0.249 e. The highest BCUT2D eigenvalue weighted by Crippen LogP contribution is 2.31. The number of carbonyl (C=O) groups excluding carboxylic acids is 1. The predicted octanol–water partition coefficient (Wildman–Crippen LogP) is 1.46. The fourth-order valence-electron chi connectivity index (χ4n) is 2.70. The normalized spacial score (nSPS) is 17.4. The molecule has 1 aliphatic heterocycles. The molecule has 1 atom stereocenters. The van der Waals surface area contributed by atoms with Gasteiger partial charge < -0.3 is 18.9 Å². The highest BCUT2D eigenvalue weighted by molar-refractivity contribution is 5.78. The Labute approximate surface area is 139 Å². The van der Waals surface area contributed by atoms with Crippen LogP contribution in [0.2, 0.25) is 0 Å². The molecule has 0 radical (unpaired) electrons. The second-order valence-corrected chi connectivity index (χ2v) is 5.48. The first-order chi connectivity index (χ1) is 11.8. The summed E-state index contributed by atoms with van der Waals surface area (Å²) in [7, 11) is 1.59. The number of hydrogen-bond acceptors (Lipinski definition) is 7. The number of carbonyl (C=O) groups is 1. The standard InChI is InChI=1S/C16H20N4O4/c1-22-9-10-23-11-14(21)20-8-2-3-13(20)16-18-15(19-24-16)12-4-6-17-7-5-12/h4-7,13H,2-3,8-11H2,1H3/t13-/m0/s1. The first kappa shape index (κ1) is 16.5. The topological polar surface area (TPSA) is 90.6 Å². The van der Waals surface area contributed by atoms with Gasteiger partial charge in [0.2, 0.25) is 17.6 Å². The minimum atomic E-state index is -0.188. The molecule has 0 N–H and O–H groups in total. The van der Waals surface area contributed by atoms with E-state index in [1.165, 1.54) is 0 Å². The Bertz CT molecular complexity index is 661. The van der Waals surface area contributed by atoms with Crippen molar-refractivity contribution in [3.63, 3.8) is 0 Å². The third-order valence-electron chi connectivity index (χ3n) is 3.90. The average Bonchev–Trinajstić information content (AvgIpc) is 3.28. The lowest BCUT2D eigenvalue weighted by molar-refractivity contribution is -0.138. The molecule has 0 bridgehead atoms. The first-order valence-corrected chi connectivity index (χ1v) is 7.89. The van der Waals surface area contributed by atoms with Crippen LogP contribution < -0.4 is 0 Å². The minimum absolute atomic E-state index is 0.0329. The fraction of sp³-hybridized carbons (Fsp3) is 0.500. The van der Waals surface area contributed by atoms with Crippen LogP contribution in [0.15, 0.2) is 29.0 Å². The molecule has 3 heterocycles. The van der Waals surface area contributed by atoms with Crippen LogP contribution in [-0.4, -0.2) is 59.4 Å². The van der Waals surface area contributed by atoms with E-state index in [1.807, 2.05) is 12.1 Å². The van der Waals surface area contributed by atoms with Gasteiger partial charge in [-0.3, -0.25) is 9.78 Å². The summed E-state index contributed by atoms with van der Waals surface area (Å²) < 4.78 is 15.6. The summed E-state index contributed by atoms with van der Waals surface area (Å²) in [6.45, 7) is 1.57. The van der Waals surface area contributed by atoms with Crippen molar-refractivity contribution in [1.29, 1.82) is 0 Å². The van der Waals surface area contributed by atoms with E-state index >= 15 is 0 Å². The van der Waals surface area contributed by atoms with E-state index in [2.05, 4.69) is 15.1 Å². The van der Waals surface area contributed by atoms with E-state index in [4.69, 9.17) is 14.0 Å². The molecule has 0 spiro atoms. The number of pyridine rings is 1. The molecule has 0 aliphatic carbocycles. The maximum Gasteiger partial charge on any atom is 0.249 e. The average molecular weight is 332 g/mol. The Morgan fingerprint density at radius 3 is 3.00 bits per heavy atom. The predicted molar refractivity (Wildman–Crippen MR) is 83.9 cm³/mol. The largest absolute Gasteiger partial charge is 0.382 e. The third-order valence-corrected chi connectivity index (χ3v) is 3.90. The van der Waals surface area contributed by atoms with Crippen molar-refractivity contribution in [1.82, 2.24) is 20.0 Å². The Kier molecular flexibility index (Phi) is 5.50.